The van der Waals surface area contributed by atoms with Gasteiger partial charge in [0.05, 0.1) is 13.7 Å². The molecule has 2 aromatic carbocycles. The Kier molecular flexibility index (Phi) is 5.66. The van der Waals surface area contributed by atoms with Crippen LogP contribution in [0.25, 0.3) is 18.2 Å². The van der Waals surface area contributed by atoms with Crippen molar-refractivity contribution >= 4 is 24.2 Å². The summed E-state index contributed by atoms with van der Waals surface area (Å²) in [4.78, 5) is 11.6. The molecule has 0 radical (unpaired) electrons. The summed E-state index contributed by atoms with van der Waals surface area (Å²) in [5, 5.41) is 10.5. The number of phenols is 1. The maximum Gasteiger partial charge on any atom is 0.330 e. The van der Waals surface area contributed by atoms with Crippen molar-refractivity contribution in [1.82, 2.24) is 0 Å². The zero-order chi connectivity index (χ0) is 19.2. The molecule has 1 heterocycles. The zero-order valence-corrected chi connectivity index (χ0v) is 15.1. The van der Waals surface area contributed by atoms with Crippen molar-refractivity contribution < 1.29 is 28.8 Å². The molecule has 0 saturated carbocycles. The fourth-order valence-electron chi connectivity index (χ4n) is 2.63. The molecule has 0 atom stereocenters. The molecule has 6 nitrogen and oxygen atoms in total. The second-order valence-corrected chi connectivity index (χ2v) is 5.65. The van der Waals surface area contributed by atoms with Gasteiger partial charge in [0.1, 0.15) is 0 Å². The predicted molar refractivity (Wildman–Crippen MR) is 102 cm³/mol. The lowest BCUT2D eigenvalue weighted by molar-refractivity contribution is -0.137. The van der Waals surface area contributed by atoms with Crippen LogP contribution in [0.1, 0.15) is 23.6 Å². The molecule has 0 spiro atoms. The fourth-order valence-corrected chi connectivity index (χ4v) is 2.63. The summed E-state index contributed by atoms with van der Waals surface area (Å²) in [6.45, 7) is 2.25. The first-order valence-corrected chi connectivity index (χ1v) is 8.45. The van der Waals surface area contributed by atoms with Crippen molar-refractivity contribution in [3.05, 3.63) is 53.1 Å². The highest BCUT2D eigenvalue weighted by atomic mass is 16.7. The van der Waals surface area contributed by atoms with Gasteiger partial charge in [-0.25, -0.2) is 4.79 Å². The number of carbonyl (C=O) groups is 1. The van der Waals surface area contributed by atoms with Gasteiger partial charge in [0, 0.05) is 11.6 Å². The van der Waals surface area contributed by atoms with Crippen LogP contribution < -0.4 is 14.2 Å². The molecular formula is C21H20O6. The number of esters is 1. The van der Waals surface area contributed by atoms with Crippen LogP contribution in [0.15, 0.2) is 36.4 Å². The number of hydrogen-bond acceptors (Lipinski definition) is 6. The smallest absolute Gasteiger partial charge is 0.330 e. The molecule has 0 amide bonds. The van der Waals surface area contributed by atoms with Gasteiger partial charge in [-0.2, -0.15) is 0 Å². The summed E-state index contributed by atoms with van der Waals surface area (Å²) in [7, 11) is 1.48. The van der Waals surface area contributed by atoms with E-state index in [4.69, 9.17) is 18.9 Å². The maximum absolute atomic E-state index is 11.6. The van der Waals surface area contributed by atoms with Crippen LogP contribution in [-0.4, -0.2) is 31.6 Å². The molecule has 1 aliphatic rings. The number of hydrogen-bond donors (Lipinski definition) is 1. The summed E-state index contributed by atoms with van der Waals surface area (Å²) in [5.41, 5.74) is 2.05. The molecule has 0 unspecified atom stereocenters. The Labute approximate surface area is 157 Å². The number of methoxy groups -OCH3 is 1. The number of fused-ring (bicyclic) bond motifs is 1. The molecule has 0 bridgehead atoms. The normalized spacial score (nSPS) is 12.7. The number of phenolic OH excluding ortho intramolecular Hbond substituents is 1. The van der Waals surface area contributed by atoms with Crippen molar-refractivity contribution in [3.63, 3.8) is 0 Å². The zero-order valence-electron chi connectivity index (χ0n) is 15.1. The van der Waals surface area contributed by atoms with Crippen LogP contribution in [0.2, 0.25) is 0 Å². The summed E-state index contributed by atoms with van der Waals surface area (Å²) < 4.78 is 20.8. The molecule has 1 aliphatic heterocycles. The van der Waals surface area contributed by atoms with Gasteiger partial charge in [0.25, 0.3) is 0 Å². The fraction of sp³-hybridized carbons (Fsp3) is 0.190. The lowest BCUT2D eigenvalue weighted by Crippen LogP contribution is -1.98. The summed E-state index contributed by atoms with van der Waals surface area (Å²) in [6, 6.07) is 8.96. The molecule has 0 saturated heterocycles. The van der Waals surface area contributed by atoms with E-state index in [1.807, 2.05) is 24.3 Å². The minimum Gasteiger partial charge on any atom is -0.504 e. The van der Waals surface area contributed by atoms with Crippen molar-refractivity contribution in [2.75, 3.05) is 20.5 Å². The van der Waals surface area contributed by atoms with Crippen molar-refractivity contribution in [1.29, 1.82) is 0 Å². The Morgan fingerprint density at radius 3 is 2.74 bits per heavy atom. The molecule has 140 valence electrons. The Balaban J connectivity index is 1.93. The number of ether oxygens (including phenoxy) is 4. The van der Waals surface area contributed by atoms with E-state index in [1.54, 1.807) is 31.2 Å². The van der Waals surface area contributed by atoms with Gasteiger partial charge in [-0.3, -0.25) is 0 Å². The SMILES string of the molecule is CCOC(=O)/C=C/c1ccc(OC)c(O)c1/C=C/c1ccc2c(c1)OCO2. The average Bonchev–Trinajstić information content (AvgIpc) is 3.13. The minimum absolute atomic E-state index is 0.0134. The Bertz CT molecular complexity index is 898. The van der Waals surface area contributed by atoms with Gasteiger partial charge < -0.3 is 24.1 Å². The average molecular weight is 368 g/mol. The maximum atomic E-state index is 11.6. The van der Waals surface area contributed by atoms with Crippen molar-refractivity contribution in [3.8, 4) is 23.0 Å². The molecular weight excluding hydrogens is 348 g/mol. The molecule has 2 aromatic rings. The number of carbonyl (C=O) groups excluding carboxylic acids is 1. The molecule has 6 heteroatoms. The van der Waals surface area contributed by atoms with E-state index in [0.717, 1.165) is 5.56 Å². The van der Waals surface area contributed by atoms with Gasteiger partial charge in [-0.1, -0.05) is 18.2 Å². The second-order valence-electron chi connectivity index (χ2n) is 5.65. The Morgan fingerprint density at radius 1 is 1.15 bits per heavy atom. The number of aromatic hydroxyl groups is 1. The first-order valence-electron chi connectivity index (χ1n) is 8.45. The van der Waals surface area contributed by atoms with Gasteiger partial charge in [-0.05, 0) is 48.4 Å². The van der Waals surface area contributed by atoms with Crippen LogP contribution >= 0.6 is 0 Å². The Morgan fingerprint density at radius 2 is 1.96 bits per heavy atom. The summed E-state index contributed by atoms with van der Waals surface area (Å²) in [6.07, 6.45) is 6.50. The first-order chi connectivity index (χ1) is 13.1. The van der Waals surface area contributed by atoms with E-state index in [9.17, 15) is 9.90 Å². The first kappa shape index (κ1) is 18.4. The quantitative estimate of drug-likeness (QED) is 0.474. The number of rotatable bonds is 6. The third kappa shape index (κ3) is 4.23. The van der Waals surface area contributed by atoms with Crippen molar-refractivity contribution in [2.24, 2.45) is 0 Å². The lowest BCUT2D eigenvalue weighted by atomic mass is 10.0. The molecule has 3 rings (SSSR count). The van der Waals surface area contributed by atoms with E-state index < -0.39 is 5.97 Å². The molecule has 27 heavy (non-hydrogen) atoms. The van der Waals surface area contributed by atoms with Crippen LogP contribution in [0.4, 0.5) is 0 Å². The minimum atomic E-state index is -0.446. The second kappa shape index (κ2) is 8.31. The van der Waals surface area contributed by atoms with Crippen LogP contribution in [0.3, 0.4) is 0 Å². The van der Waals surface area contributed by atoms with Crippen LogP contribution in [0.5, 0.6) is 23.0 Å². The lowest BCUT2D eigenvalue weighted by Gasteiger charge is -2.09. The van der Waals surface area contributed by atoms with Crippen LogP contribution in [-0.2, 0) is 9.53 Å². The van der Waals surface area contributed by atoms with E-state index in [2.05, 4.69) is 0 Å². The van der Waals surface area contributed by atoms with Gasteiger partial charge in [0.15, 0.2) is 23.0 Å². The van der Waals surface area contributed by atoms with Crippen molar-refractivity contribution in [2.45, 2.75) is 6.92 Å². The van der Waals surface area contributed by atoms with E-state index in [-0.39, 0.29) is 12.5 Å². The van der Waals surface area contributed by atoms with Gasteiger partial charge in [-0.15, -0.1) is 0 Å². The van der Waals surface area contributed by atoms with Gasteiger partial charge >= 0.3 is 5.97 Å². The highest BCUT2D eigenvalue weighted by Gasteiger charge is 2.13. The molecule has 0 aromatic heterocycles. The third-order valence-electron chi connectivity index (χ3n) is 3.96. The summed E-state index contributed by atoms with van der Waals surface area (Å²) in [5.74, 6) is 1.26. The predicted octanol–water partition coefficient (Wildman–Crippen LogP) is 3.88. The van der Waals surface area contributed by atoms with E-state index >= 15 is 0 Å². The summed E-state index contributed by atoms with van der Waals surface area (Å²) >= 11 is 0. The van der Waals surface area contributed by atoms with Crippen LogP contribution in [0, 0.1) is 0 Å². The third-order valence-corrected chi connectivity index (χ3v) is 3.96. The topological polar surface area (TPSA) is 74.2 Å². The highest BCUT2D eigenvalue weighted by molar-refractivity contribution is 5.89. The monoisotopic (exact) mass is 368 g/mol. The number of benzene rings is 2. The highest BCUT2D eigenvalue weighted by Crippen LogP contribution is 2.36. The molecule has 1 N–H and O–H groups in total. The molecule has 0 fully saturated rings. The molecule has 0 aliphatic carbocycles. The standard InChI is InChI=1S/C21H20O6/c1-3-25-20(22)11-7-15-6-10-18(24-2)21(23)16(15)8-4-14-5-9-17-19(12-14)27-13-26-17/h4-12,23H,3,13H2,1-2H3/b8-4+,11-7+. The van der Waals surface area contributed by atoms with Gasteiger partial charge in [0.2, 0.25) is 6.79 Å². The largest absolute Gasteiger partial charge is 0.504 e. The Hall–Kier alpha value is -3.41. The van der Waals surface area contributed by atoms with E-state index in [0.29, 0.717) is 35.0 Å². The van der Waals surface area contributed by atoms with E-state index in [1.165, 1.54) is 13.2 Å².